The highest BCUT2D eigenvalue weighted by Gasteiger charge is 2.28. The largest absolute Gasteiger partial charge is 0.457 e. The first kappa shape index (κ1) is 20.2. The molecule has 4 rings (SSSR count). The van der Waals surface area contributed by atoms with Gasteiger partial charge in [-0.25, -0.2) is 4.98 Å². The summed E-state index contributed by atoms with van der Waals surface area (Å²) in [6.07, 6.45) is 3.50. The number of carbonyl (C=O) groups is 1. The number of ether oxygens (including phenoxy) is 1. The maximum atomic E-state index is 12.2. The number of benzene rings is 2. The molecule has 1 atom stereocenters. The molecule has 1 amide bonds. The van der Waals surface area contributed by atoms with Gasteiger partial charge in [-0.1, -0.05) is 42.8 Å². The number of nitrogens with zero attached hydrogens (tertiary/aromatic N) is 2. The van der Waals surface area contributed by atoms with Crippen LogP contribution in [0.2, 0.25) is 5.02 Å². The predicted molar refractivity (Wildman–Crippen MR) is 120 cm³/mol. The van der Waals surface area contributed by atoms with Gasteiger partial charge in [0, 0.05) is 30.8 Å². The van der Waals surface area contributed by atoms with Crippen LogP contribution in [0.3, 0.4) is 0 Å². The number of pyridine rings is 1. The number of anilines is 1. The zero-order chi connectivity index (χ0) is 21.1. The summed E-state index contributed by atoms with van der Waals surface area (Å²) in [5.74, 6) is 1.89. The molecule has 2 aromatic carbocycles. The summed E-state index contributed by atoms with van der Waals surface area (Å²) >= 11 is 6.31. The van der Waals surface area contributed by atoms with Gasteiger partial charge in [0.2, 0.25) is 5.91 Å². The molecule has 5 nitrogen and oxygen atoms in total. The average Bonchev–Trinajstić information content (AvgIpc) is 3.24. The lowest BCUT2D eigenvalue weighted by Crippen LogP contribution is -2.22. The molecular formula is C24H24ClN3O2. The van der Waals surface area contributed by atoms with Crippen molar-refractivity contribution in [1.29, 1.82) is 0 Å². The van der Waals surface area contributed by atoms with Crippen LogP contribution in [-0.4, -0.2) is 24.0 Å². The molecule has 1 aliphatic heterocycles. The Morgan fingerprint density at radius 1 is 1.23 bits per heavy atom. The summed E-state index contributed by atoms with van der Waals surface area (Å²) in [5, 5.41) is 0.631. The standard InChI is InChI=1S/C24H24ClN3O2/c1-2-16-6-3-4-8-22(16)30-18-9-10-19(20(14-18)23(26)29)17-11-13-28(15-17)24-21(25)7-5-12-27-24/h3-10,12,14,17H,2,11,13,15H2,1H3,(H2,26,29). The van der Waals surface area contributed by atoms with Gasteiger partial charge >= 0.3 is 0 Å². The Morgan fingerprint density at radius 2 is 2.07 bits per heavy atom. The zero-order valence-corrected chi connectivity index (χ0v) is 17.6. The lowest BCUT2D eigenvalue weighted by Gasteiger charge is -2.20. The smallest absolute Gasteiger partial charge is 0.249 e. The van der Waals surface area contributed by atoms with Crippen molar-refractivity contribution >= 4 is 23.3 Å². The van der Waals surface area contributed by atoms with E-state index in [1.165, 1.54) is 0 Å². The van der Waals surface area contributed by atoms with Crippen LogP contribution in [0.15, 0.2) is 60.8 Å². The maximum absolute atomic E-state index is 12.2. The summed E-state index contributed by atoms with van der Waals surface area (Å²) < 4.78 is 6.07. The van der Waals surface area contributed by atoms with Crippen LogP contribution in [0.4, 0.5) is 5.82 Å². The fraction of sp³-hybridized carbons (Fsp3) is 0.250. The van der Waals surface area contributed by atoms with E-state index in [9.17, 15) is 4.79 Å². The molecular weight excluding hydrogens is 398 g/mol. The van der Waals surface area contributed by atoms with Crippen LogP contribution in [0, 0.1) is 0 Å². The van der Waals surface area contributed by atoms with Gasteiger partial charge < -0.3 is 15.4 Å². The molecule has 2 N–H and O–H groups in total. The highest BCUT2D eigenvalue weighted by atomic mass is 35.5. The minimum atomic E-state index is -0.450. The van der Waals surface area contributed by atoms with Gasteiger partial charge in [-0.15, -0.1) is 0 Å². The number of rotatable bonds is 6. The number of hydrogen-bond acceptors (Lipinski definition) is 4. The molecule has 0 aliphatic carbocycles. The highest BCUT2D eigenvalue weighted by molar-refractivity contribution is 6.32. The average molecular weight is 422 g/mol. The second kappa shape index (κ2) is 8.76. The van der Waals surface area contributed by atoms with Gasteiger partial charge in [-0.05, 0) is 54.3 Å². The number of para-hydroxylation sites is 1. The number of aromatic nitrogens is 1. The maximum Gasteiger partial charge on any atom is 0.249 e. The number of halogens is 1. The van der Waals surface area contributed by atoms with Gasteiger partial charge in [0.25, 0.3) is 0 Å². The number of hydrogen-bond donors (Lipinski definition) is 1. The fourth-order valence-electron chi connectivity index (χ4n) is 4.01. The van der Waals surface area contributed by atoms with Crippen LogP contribution in [-0.2, 0) is 6.42 Å². The minimum absolute atomic E-state index is 0.169. The van der Waals surface area contributed by atoms with E-state index >= 15 is 0 Å². The fourth-order valence-corrected chi connectivity index (χ4v) is 4.25. The topological polar surface area (TPSA) is 68.4 Å². The Balaban J connectivity index is 1.59. The van der Waals surface area contributed by atoms with Crippen molar-refractivity contribution < 1.29 is 9.53 Å². The Kier molecular flexibility index (Phi) is 5.91. The van der Waals surface area contributed by atoms with Crippen LogP contribution >= 0.6 is 11.6 Å². The van der Waals surface area contributed by atoms with E-state index in [1.807, 2.05) is 48.5 Å². The molecule has 0 bridgehead atoms. The quantitative estimate of drug-likeness (QED) is 0.595. The second-order valence-corrected chi connectivity index (χ2v) is 7.82. The first-order chi connectivity index (χ1) is 14.6. The Morgan fingerprint density at radius 3 is 2.83 bits per heavy atom. The third-order valence-corrected chi connectivity index (χ3v) is 5.83. The third-order valence-electron chi connectivity index (χ3n) is 5.54. The molecule has 1 aliphatic rings. The molecule has 1 unspecified atom stereocenters. The normalized spacial score (nSPS) is 15.9. The molecule has 2 heterocycles. The van der Waals surface area contributed by atoms with Gasteiger partial charge in [0.1, 0.15) is 17.3 Å². The molecule has 3 aromatic rings. The summed E-state index contributed by atoms with van der Waals surface area (Å²) in [6.45, 7) is 3.64. The summed E-state index contributed by atoms with van der Waals surface area (Å²) in [6, 6.07) is 17.2. The molecule has 0 radical (unpaired) electrons. The molecule has 0 saturated carbocycles. The predicted octanol–water partition coefficient (Wildman–Crippen LogP) is 5.18. The molecule has 6 heteroatoms. The van der Waals surface area contributed by atoms with E-state index in [1.54, 1.807) is 12.3 Å². The molecule has 0 spiro atoms. The lowest BCUT2D eigenvalue weighted by molar-refractivity contribution is 0.0998. The van der Waals surface area contributed by atoms with Gasteiger partial charge in [-0.2, -0.15) is 0 Å². The first-order valence-corrected chi connectivity index (χ1v) is 10.5. The van der Waals surface area contributed by atoms with Crippen molar-refractivity contribution in [2.24, 2.45) is 5.73 Å². The van der Waals surface area contributed by atoms with Crippen LogP contribution < -0.4 is 15.4 Å². The highest BCUT2D eigenvalue weighted by Crippen LogP contribution is 2.36. The number of nitrogens with two attached hydrogens (primary N) is 1. The van der Waals surface area contributed by atoms with E-state index in [4.69, 9.17) is 22.1 Å². The Hall–Kier alpha value is -3.05. The second-order valence-electron chi connectivity index (χ2n) is 7.42. The lowest BCUT2D eigenvalue weighted by atomic mass is 9.93. The third kappa shape index (κ3) is 4.12. The zero-order valence-electron chi connectivity index (χ0n) is 16.8. The number of primary amides is 1. The minimum Gasteiger partial charge on any atom is -0.457 e. The van der Waals surface area contributed by atoms with Crippen molar-refractivity contribution in [2.75, 3.05) is 18.0 Å². The van der Waals surface area contributed by atoms with Crippen LogP contribution in [0.1, 0.15) is 40.7 Å². The van der Waals surface area contributed by atoms with Crippen molar-refractivity contribution in [3.05, 3.63) is 82.5 Å². The van der Waals surface area contributed by atoms with Gasteiger partial charge in [0.15, 0.2) is 0 Å². The molecule has 1 aromatic heterocycles. The summed E-state index contributed by atoms with van der Waals surface area (Å²) in [7, 11) is 0. The summed E-state index contributed by atoms with van der Waals surface area (Å²) in [4.78, 5) is 18.8. The van der Waals surface area contributed by atoms with Crippen molar-refractivity contribution in [1.82, 2.24) is 4.98 Å². The van der Waals surface area contributed by atoms with Crippen LogP contribution in [0.5, 0.6) is 11.5 Å². The van der Waals surface area contributed by atoms with E-state index < -0.39 is 5.91 Å². The van der Waals surface area contributed by atoms with E-state index in [2.05, 4.69) is 16.8 Å². The molecule has 154 valence electrons. The molecule has 1 fully saturated rings. The van der Waals surface area contributed by atoms with Gasteiger partial charge in [-0.3, -0.25) is 4.79 Å². The molecule has 30 heavy (non-hydrogen) atoms. The van der Waals surface area contributed by atoms with E-state index in [-0.39, 0.29) is 5.92 Å². The Labute approximate surface area is 181 Å². The number of aryl methyl sites for hydroxylation is 1. The van der Waals surface area contributed by atoms with E-state index in [0.717, 1.165) is 48.6 Å². The van der Waals surface area contributed by atoms with Crippen LogP contribution in [0.25, 0.3) is 0 Å². The van der Waals surface area contributed by atoms with Crippen molar-refractivity contribution in [3.63, 3.8) is 0 Å². The van der Waals surface area contributed by atoms with Crippen molar-refractivity contribution in [3.8, 4) is 11.5 Å². The number of amides is 1. The molecule has 1 saturated heterocycles. The van der Waals surface area contributed by atoms with E-state index in [0.29, 0.717) is 16.3 Å². The SMILES string of the molecule is CCc1ccccc1Oc1ccc(C2CCN(c3ncccc3Cl)C2)c(C(N)=O)c1. The monoisotopic (exact) mass is 421 g/mol. The Bertz CT molecular complexity index is 1070. The van der Waals surface area contributed by atoms with Gasteiger partial charge in [0.05, 0.1) is 5.02 Å². The first-order valence-electron chi connectivity index (χ1n) is 10.1. The van der Waals surface area contributed by atoms with Crippen molar-refractivity contribution in [2.45, 2.75) is 25.7 Å². The summed E-state index contributed by atoms with van der Waals surface area (Å²) in [5.41, 5.74) is 8.28. The number of carbonyl (C=O) groups excluding carboxylic acids is 1.